The van der Waals surface area contributed by atoms with Crippen LogP contribution in [0.3, 0.4) is 0 Å². The molecule has 0 heterocycles. The molecule has 0 aromatic heterocycles. The molecule has 0 aliphatic carbocycles. The Morgan fingerprint density at radius 1 is 0.788 bits per heavy atom. The van der Waals surface area contributed by atoms with E-state index in [1.807, 2.05) is 23.5 Å². The molecule has 172 valence electrons. The molecule has 3 aromatic rings. The van der Waals surface area contributed by atoms with Crippen molar-refractivity contribution in [1.82, 2.24) is 5.32 Å². The number of hydrogen-bond acceptors (Lipinski definition) is 3. The Hall–Kier alpha value is -3.60. The SMILES string of the molecule is O=C(NC(=S)Nc1cc(-c2ccccc2)ccc1O)c1cc(C(F)(F)F)cc(C(F)(F)F)c1. The molecular weight excluding hydrogens is 470 g/mol. The molecule has 0 saturated carbocycles. The molecule has 0 aliphatic heterocycles. The Kier molecular flexibility index (Phi) is 6.63. The summed E-state index contributed by atoms with van der Waals surface area (Å²) in [5.41, 5.74) is -2.59. The van der Waals surface area contributed by atoms with Crippen molar-refractivity contribution < 1.29 is 36.2 Å². The third-order valence-corrected chi connectivity index (χ3v) is 4.63. The normalized spacial score (nSPS) is 11.7. The van der Waals surface area contributed by atoms with Gasteiger partial charge in [0.25, 0.3) is 5.91 Å². The zero-order valence-electron chi connectivity index (χ0n) is 16.4. The maximum absolute atomic E-state index is 13.0. The van der Waals surface area contributed by atoms with E-state index in [1.165, 1.54) is 12.1 Å². The van der Waals surface area contributed by atoms with Crippen LogP contribution in [0.1, 0.15) is 21.5 Å². The van der Waals surface area contributed by atoms with Crippen molar-refractivity contribution in [3.8, 4) is 16.9 Å². The lowest BCUT2D eigenvalue weighted by Gasteiger charge is -2.15. The van der Waals surface area contributed by atoms with Crippen LogP contribution in [0.4, 0.5) is 32.0 Å². The summed E-state index contributed by atoms with van der Waals surface area (Å²) in [6.45, 7) is 0. The summed E-state index contributed by atoms with van der Waals surface area (Å²) in [5, 5.41) is 14.2. The number of thiocarbonyl (C=S) groups is 1. The summed E-state index contributed by atoms with van der Waals surface area (Å²) >= 11 is 4.95. The van der Waals surface area contributed by atoms with Gasteiger partial charge in [0, 0.05) is 5.56 Å². The summed E-state index contributed by atoms with van der Waals surface area (Å²) in [6.07, 6.45) is -10.2. The molecule has 0 spiro atoms. The molecule has 33 heavy (non-hydrogen) atoms. The first-order valence-corrected chi connectivity index (χ1v) is 9.55. The van der Waals surface area contributed by atoms with Crippen molar-refractivity contribution in [3.63, 3.8) is 0 Å². The maximum atomic E-state index is 13.0. The van der Waals surface area contributed by atoms with Crippen LogP contribution in [0.5, 0.6) is 5.75 Å². The van der Waals surface area contributed by atoms with Gasteiger partial charge in [-0.1, -0.05) is 36.4 Å². The molecule has 0 radical (unpaired) electrons. The van der Waals surface area contributed by atoms with Gasteiger partial charge in [-0.3, -0.25) is 10.1 Å². The van der Waals surface area contributed by atoms with E-state index in [-0.39, 0.29) is 17.5 Å². The maximum Gasteiger partial charge on any atom is 0.416 e. The second kappa shape index (κ2) is 9.10. The predicted molar refractivity (Wildman–Crippen MR) is 114 cm³/mol. The van der Waals surface area contributed by atoms with E-state index >= 15 is 0 Å². The smallest absolute Gasteiger partial charge is 0.416 e. The molecule has 3 aromatic carbocycles. The molecule has 3 rings (SSSR count). The van der Waals surface area contributed by atoms with Gasteiger partial charge in [0.05, 0.1) is 16.8 Å². The van der Waals surface area contributed by atoms with Crippen molar-refractivity contribution in [3.05, 3.63) is 83.4 Å². The molecule has 0 unspecified atom stereocenters. The van der Waals surface area contributed by atoms with Crippen molar-refractivity contribution in [1.29, 1.82) is 0 Å². The van der Waals surface area contributed by atoms with Gasteiger partial charge in [-0.05, 0) is 53.7 Å². The molecule has 0 aliphatic rings. The minimum absolute atomic E-state index is 0.0710. The Morgan fingerprint density at radius 3 is 1.91 bits per heavy atom. The lowest BCUT2D eigenvalue weighted by atomic mass is 10.0. The minimum atomic E-state index is -5.10. The van der Waals surface area contributed by atoms with E-state index in [0.717, 1.165) is 5.56 Å². The van der Waals surface area contributed by atoms with E-state index in [4.69, 9.17) is 12.2 Å². The minimum Gasteiger partial charge on any atom is -0.506 e. The number of nitrogens with one attached hydrogen (secondary N) is 2. The first kappa shape index (κ1) is 24.1. The molecule has 11 heteroatoms. The molecule has 0 atom stereocenters. The Balaban J connectivity index is 1.82. The van der Waals surface area contributed by atoms with E-state index in [9.17, 15) is 36.2 Å². The van der Waals surface area contributed by atoms with Gasteiger partial charge in [0.1, 0.15) is 5.75 Å². The van der Waals surface area contributed by atoms with Gasteiger partial charge in [-0.25, -0.2) is 0 Å². The van der Waals surface area contributed by atoms with Gasteiger partial charge in [0.2, 0.25) is 0 Å². The van der Waals surface area contributed by atoms with Gasteiger partial charge >= 0.3 is 12.4 Å². The zero-order chi connectivity index (χ0) is 24.4. The molecule has 0 bridgehead atoms. The second-order valence-corrected chi connectivity index (χ2v) is 7.21. The average Bonchev–Trinajstić information content (AvgIpc) is 2.74. The quantitative estimate of drug-likeness (QED) is 0.235. The predicted octanol–water partition coefficient (Wildman–Crippen LogP) is 6.22. The highest BCUT2D eigenvalue weighted by Gasteiger charge is 2.37. The monoisotopic (exact) mass is 484 g/mol. The molecule has 4 nitrogen and oxygen atoms in total. The van der Waals surface area contributed by atoms with Crippen LogP contribution in [-0.4, -0.2) is 16.1 Å². The lowest BCUT2D eigenvalue weighted by molar-refractivity contribution is -0.143. The fourth-order valence-electron chi connectivity index (χ4n) is 2.86. The van der Waals surface area contributed by atoms with E-state index in [1.54, 1.807) is 18.2 Å². The highest BCUT2D eigenvalue weighted by molar-refractivity contribution is 7.80. The Labute approximate surface area is 188 Å². The number of amides is 1. The van der Waals surface area contributed by atoms with E-state index < -0.39 is 40.1 Å². The van der Waals surface area contributed by atoms with Crippen LogP contribution < -0.4 is 10.6 Å². The number of anilines is 1. The summed E-state index contributed by atoms with van der Waals surface area (Å²) in [4.78, 5) is 12.3. The number of alkyl halides is 6. The summed E-state index contributed by atoms with van der Waals surface area (Å²) in [7, 11) is 0. The first-order chi connectivity index (χ1) is 15.3. The van der Waals surface area contributed by atoms with Crippen LogP contribution in [0.25, 0.3) is 11.1 Å². The summed E-state index contributed by atoms with van der Waals surface area (Å²) in [5.74, 6) is -1.53. The standard InChI is InChI=1S/C22H14F6N2O2S/c23-21(24,25)15-8-14(9-16(11-15)22(26,27)28)19(32)30-20(33)29-17-10-13(6-7-18(17)31)12-4-2-1-3-5-12/h1-11,31H,(H2,29,30,32,33). The van der Waals surface area contributed by atoms with Crippen LogP contribution in [0.15, 0.2) is 66.7 Å². The fourth-order valence-corrected chi connectivity index (χ4v) is 3.06. The Morgan fingerprint density at radius 2 is 1.36 bits per heavy atom. The number of phenolic OH excluding ortho intramolecular Hbond substituents is 1. The second-order valence-electron chi connectivity index (χ2n) is 6.80. The highest BCUT2D eigenvalue weighted by atomic mass is 32.1. The number of carbonyl (C=O) groups is 1. The van der Waals surface area contributed by atoms with E-state index in [2.05, 4.69) is 5.32 Å². The van der Waals surface area contributed by atoms with E-state index in [0.29, 0.717) is 17.7 Å². The third-order valence-electron chi connectivity index (χ3n) is 4.43. The summed E-state index contributed by atoms with van der Waals surface area (Å²) < 4.78 is 78.0. The van der Waals surface area contributed by atoms with Gasteiger partial charge in [-0.15, -0.1) is 0 Å². The number of rotatable bonds is 3. The van der Waals surface area contributed by atoms with Crippen LogP contribution >= 0.6 is 12.2 Å². The lowest BCUT2D eigenvalue weighted by Crippen LogP contribution is -2.34. The molecule has 3 N–H and O–H groups in total. The highest BCUT2D eigenvalue weighted by Crippen LogP contribution is 2.36. The van der Waals surface area contributed by atoms with Crippen molar-refractivity contribution in [2.75, 3.05) is 5.32 Å². The third kappa shape index (κ3) is 6.01. The van der Waals surface area contributed by atoms with Crippen LogP contribution in [0.2, 0.25) is 0 Å². The number of benzene rings is 3. The van der Waals surface area contributed by atoms with Gasteiger partial charge < -0.3 is 10.4 Å². The van der Waals surface area contributed by atoms with Crippen molar-refractivity contribution in [2.45, 2.75) is 12.4 Å². The van der Waals surface area contributed by atoms with Gasteiger partial charge in [0.15, 0.2) is 5.11 Å². The van der Waals surface area contributed by atoms with Gasteiger partial charge in [-0.2, -0.15) is 26.3 Å². The van der Waals surface area contributed by atoms with Crippen molar-refractivity contribution in [2.24, 2.45) is 0 Å². The van der Waals surface area contributed by atoms with Crippen LogP contribution in [-0.2, 0) is 12.4 Å². The van der Waals surface area contributed by atoms with Crippen LogP contribution in [0, 0.1) is 0 Å². The summed E-state index contributed by atoms with van der Waals surface area (Å²) in [6, 6.07) is 14.0. The fraction of sp³-hybridized carbons (Fsp3) is 0.0909. The van der Waals surface area contributed by atoms with Crippen molar-refractivity contribution >= 4 is 28.9 Å². The first-order valence-electron chi connectivity index (χ1n) is 9.15. The number of hydrogen-bond donors (Lipinski definition) is 3. The molecule has 0 saturated heterocycles. The number of phenols is 1. The molecule has 0 fully saturated rings. The number of carbonyl (C=O) groups excluding carboxylic acids is 1. The molecular formula is C22H14F6N2O2S. The average molecular weight is 484 g/mol. The molecule has 1 amide bonds. The Bertz CT molecular complexity index is 1160. The zero-order valence-corrected chi connectivity index (χ0v) is 17.2. The largest absolute Gasteiger partial charge is 0.506 e. The topological polar surface area (TPSA) is 61.4 Å². The number of aromatic hydroxyl groups is 1. The number of halogens is 6.